The Bertz CT molecular complexity index is 1340. The Kier molecular flexibility index (Phi) is 5.52. The van der Waals surface area contributed by atoms with Gasteiger partial charge in [-0.15, -0.1) is 0 Å². The molecular formula is C23H21N5O3S. The lowest BCUT2D eigenvalue weighted by molar-refractivity contribution is 0.0730. The highest BCUT2D eigenvalue weighted by Crippen LogP contribution is 2.30. The highest BCUT2D eigenvalue weighted by atomic mass is 32.2. The van der Waals surface area contributed by atoms with E-state index in [1.54, 1.807) is 36.9 Å². The van der Waals surface area contributed by atoms with Gasteiger partial charge < -0.3 is 10.1 Å². The minimum atomic E-state index is -3.52. The molecule has 1 aliphatic heterocycles. The van der Waals surface area contributed by atoms with Crippen molar-refractivity contribution < 1.29 is 13.2 Å². The summed E-state index contributed by atoms with van der Waals surface area (Å²) in [6.45, 7) is 1.60. The van der Waals surface area contributed by atoms with E-state index in [1.165, 1.54) is 4.31 Å². The molecule has 5 rings (SSSR count). The molecule has 2 aromatic carbocycles. The number of rotatable bonds is 5. The zero-order valence-corrected chi connectivity index (χ0v) is 18.0. The van der Waals surface area contributed by atoms with Crippen molar-refractivity contribution in [1.29, 1.82) is 0 Å². The van der Waals surface area contributed by atoms with E-state index >= 15 is 0 Å². The standard InChI is InChI=1S/C23H21N5O3S/c29-32(30,28-11-13-31-14-12-28)19-4-1-17(2-5-19)18-3-6-21-20(15-18)22(7-8-25-21)27-23-16-24-9-10-26-23/h1-10,15-16H,11-14H2,(H,25,26,27). The maximum atomic E-state index is 12.9. The zero-order valence-electron chi connectivity index (χ0n) is 17.2. The summed E-state index contributed by atoms with van der Waals surface area (Å²) in [5.74, 6) is 0.642. The first kappa shape index (κ1) is 20.5. The minimum Gasteiger partial charge on any atom is -0.379 e. The molecule has 8 nitrogen and oxygen atoms in total. The van der Waals surface area contributed by atoms with Gasteiger partial charge in [0, 0.05) is 37.1 Å². The first-order chi connectivity index (χ1) is 15.6. The Hall–Kier alpha value is -3.40. The molecule has 9 heteroatoms. The molecule has 1 saturated heterocycles. The van der Waals surface area contributed by atoms with E-state index in [0.717, 1.165) is 27.7 Å². The monoisotopic (exact) mass is 447 g/mol. The smallest absolute Gasteiger partial charge is 0.243 e. The molecule has 0 bridgehead atoms. The summed E-state index contributed by atoms with van der Waals surface area (Å²) in [6.07, 6.45) is 6.65. The van der Waals surface area contributed by atoms with E-state index in [1.807, 2.05) is 36.4 Å². The minimum absolute atomic E-state index is 0.288. The number of nitrogens with one attached hydrogen (secondary N) is 1. The molecule has 32 heavy (non-hydrogen) atoms. The Morgan fingerprint density at radius 2 is 1.66 bits per heavy atom. The first-order valence-corrected chi connectivity index (χ1v) is 11.7. The fraction of sp³-hybridized carbons (Fsp3) is 0.174. The van der Waals surface area contributed by atoms with Crippen LogP contribution in [0.3, 0.4) is 0 Å². The molecule has 0 spiro atoms. The summed E-state index contributed by atoms with van der Waals surface area (Å²) in [4.78, 5) is 13.1. The van der Waals surface area contributed by atoms with Crippen LogP contribution in [0.1, 0.15) is 0 Å². The van der Waals surface area contributed by atoms with Gasteiger partial charge in [0.25, 0.3) is 0 Å². The van der Waals surface area contributed by atoms with E-state index in [4.69, 9.17) is 4.74 Å². The average molecular weight is 448 g/mol. The van der Waals surface area contributed by atoms with Crippen LogP contribution in [0.5, 0.6) is 0 Å². The van der Waals surface area contributed by atoms with Gasteiger partial charge >= 0.3 is 0 Å². The molecular weight excluding hydrogens is 426 g/mol. The molecule has 2 aromatic heterocycles. The van der Waals surface area contributed by atoms with Gasteiger partial charge in [-0.05, 0) is 41.5 Å². The molecule has 0 saturated carbocycles. The second-order valence-electron chi connectivity index (χ2n) is 7.35. The van der Waals surface area contributed by atoms with Crippen LogP contribution >= 0.6 is 0 Å². The molecule has 1 N–H and O–H groups in total. The Morgan fingerprint density at radius 1 is 0.875 bits per heavy atom. The van der Waals surface area contributed by atoms with Gasteiger partial charge in [0.05, 0.1) is 35.5 Å². The number of pyridine rings is 1. The lowest BCUT2D eigenvalue weighted by Crippen LogP contribution is -2.40. The first-order valence-electron chi connectivity index (χ1n) is 10.2. The van der Waals surface area contributed by atoms with E-state index in [-0.39, 0.29) is 4.90 Å². The lowest BCUT2D eigenvalue weighted by atomic mass is 10.0. The van der Waals surface area contributed by atoms with E-state index < -0.39 is 10.0 Å². The van der Waals surface area contributed by atoms with Gasteiger partial charge in [-0.3, -0.25) is 9.97 Å². The molecule has 0 radical (unpaired) electrons. The number of benzene rings is 2. The maximum absolute atomic E-state index is 12.9. The van der Waals surface area contributed by atoms with Crippen LogP contribution in [-0.2, 0) is 14.8 Å². The van der Waals surface area contributed by atoms with Crippen LogP contribution in [-0.4, -0.2) is 54.0 Å². The second kappa shape index (κ2) is 8.62. The van der Waals surface area contributed by atoms with Crippen molar-refractivity contribution in [3.63, 3.8) is 0 Å². The number of hydrogen-bond donors (Lipinski definition) is 1. The van der Waals surface area contributed by atoms with Crippen LogP contribution in [0.25, 0.3) is 22.0 Å². The van der Waals surface area contributed by atoms with Crippen LogP contribution in [0.15, 0.2) is 78.2 Å². The van der Waals surface area contributed by atoms with Crippen LogP contribution in [0.4, 0.5) is 11.5 Å². The molecule has 4 aromatic rings. The maximum Gasteiger partial charge on any atom is 0.243 e. The largest absolute Gasteiger partial charge is 0.379 e. The van der Waals surface area contributed by atoms with E-state index in [9.17, 15) is 8.42 Å². The number of anilines is 2. The van der Waals surface area contributed by atoms with Gasteiger partial charge in [0.15, 0.2) is 0 Å². The SMILES string of the molecule is O=S(=O)(c1ccc(-c2ccc3nccc(Nc4cnccn4)c3c2)cc1)N1CCOCC1. The van der Waals surface area contributed by atoms with Crippen molar-refractivity contribution in [1.82, 2.24) is 19.3 Å². The predicted octanol–water partition coefficient (Wildman–Crippen LogP) is 3.46. The summed E-state index contributed by atoms with van der Waals surface area (Å²) in [6, 6.07) is 14.8. The number of sulfonamides is 1. The molecule has 3 heterocycles. The Morgan fingerprint density at radius 3 is 2.41 bits per heavy atom. The summed E-state index contributed by atoms with van der Waals surface area (Å²) in [5.41, 5.74) is 3.59. The second-order valence-corrected chi connectivity index (χ2v) is 9.28. The Balaban J connectivity index is 1.46. The third-order valence-corrected chi connectivity index (χ3v) is 7.28. The van der Waals surface area contributed by atoms with Crippen molar-refractivity contribution in [2.45, 2.75) is 4.90 Å². The molecule has 162 valence electrons. The van der Waals surface area contributed by atoms with Crippen LogP contribution in [0, 0.1) is 0 Å². The quantitative estimate of drug-likeness (QED) is 0.500. The number of hydrogen-bond acceptors (Lipinski definition) is 7. The number of ether oxygens (including phenoxy) is 1. The number of aromatic nitrogens is 3. The van der Waals surface area contributed by atoms with Gasteiger partial charge in [0.1, 0.15) is 5.82 Å². The fourth-order valence-corrected chi connectivity index (χ4v) is 5.10. The lowest BCUT2D eigenvalue weighted by Gasteiger charge is -2.26. The normalized spacial score (nSPS) is 15.0. The van der Waals surface area contributed by atoms with E-state index in [2.05, 4.69) is 20.3 Å². The van der Waals surface area contributed by atoms with Crippen molar-refractivity contribution in [3.8, 4) is 11.1 Å². The van der Waals surface area contributed by atoms with Crippen LogP contribution < -0.4 is 5.32 Å². The highest BCUT2D eigenvalue weighted by Gasteiger charge is 2.26. The summed E-state index contributed by atoms with van der Waals surface area (Å²) < 4.78 is 32.5. The fourth-order valence-electron chi connectivity index (χ4n) is 3.69. The molecule has 1 aliphatic rings. The molecule has 1 fully saturated rings. The molecule has 0 amide bonds. The predicted molar refractivity (Wildman–Crippen MR) is 122 cm³/mol. The van der Waals surface area contributed by atoms with E-state index in [0.29, 0.717) is 32.1 Å². The Labute approximate surface area is 186 Å². The van der Waals surface area contributed by atoms with Gasteiger partial charge in [-0.2, -0.15) is 4.31 Å². The summed E-state index contributed by atoms with van der Waals surface area (Å²) in [5, 5.41) is 4.21. The summed E-state index contributed by atoms with van der Waals surface area (Å²) in [7, 11) is -3.52. The highest BCUT2D eigenvalue weighted by molar-refractivity contribution is 7.89. The van der Waals surface area contributed by atoms with Crippen molar-refractivity contribution >= 4 is 32.4 Å². The zero-order chi connectivity index (χ0) is 22.0. The number of fused-ring (bicyclic) bond motifs is 1. The average Bonchev–Trinajstić information content (AvgIpc) is 2.85. The number of nitrogens with zero attached hydrogens (tertiary/aromatic N) is 4. The molecule has 0 unspecified atom stereocenters. The van der Waals surface area contributed by atoms with Crippen molar-refractivity contribution in [2.75, 3.05) is 31.6 Å². The van der Waals surface area contributed by atoms with Gasteiger partial charge in [-0.25, -0.2) is 13.4 Å². The third-order valence-electron chi connectivity index (χ3n) is 5.36. The third kappa shape index (κ3) is 4.05. The van der Waals surface area contributed by atoms with Crippen LogP contribution in [0.2, 0.25) is 0 Å². The van der Waals surface area contributed by atoms with Crippen molar-refractivity contribution in [2.24, 2.45) is 0 Å². The molecule has 0 atom stereocenters. The van der Waals surface area contributed by atoms with Crippen molar-refractivity contribution in [3.05, 3.63) is 73.3 Å². The van der Waals surface area contributed by atoms with Gasteiger partial charge in [0.2, 0.25) is 10.0 Å². The van der Waals surface area contributed by atoms with Gasteiger partial charge in [-0.1, -0.05) is 18.2 Å². The molecule has 0 aliphatic carbocycles. The topological polar surface area (TPSA) is 97.3 Å². The number of morpholine rings is 1. The summed E-state index contributed by atoms with van der Waals surface area (Å²) >= 11 is 0.